The normalized spacial score (nSPS) is 11.8. The molecule has 0 atom stereocenters. The summed E-state index contributed by atoms with van der Waals surface area (Å²) >= 11 is 5.39. The Morgan fingerprint density at radius 3 is 2.21 bits per heavy atom. The zero-order valence-electron chi connectivity index (χ0n) is 14.5. The Morgan fingerprint density at radius 1 is 1.04 bits per heavy atom. The van der Waals surface area contributed by atoms with Crippen LogP contribution in [0.25, 0.3) is 11.1 Å². The van der Waals surface area contributed by atoms with Crippen LogP contribution in [0.1, 0.15) is 56.2 Å². The summed E-state index contributed by atoms with van der Waals surface area (Å²) in [6, 6.07) is 12.0. The Labute approximate surface area is 147 Å². The Balaban J connectivity index is 2.12. The summed E-state index contributed by atoms with van der Waals surface area (Å²) in [6.45, 7) is 9.03. The number of hydrogen-bond acceptors (Lipinski definition) is 3. The van der Waals surface area contributed by atoms with Crippen LogP contribution in [-0.2, 0) is 6.54 Å². The van der Waals surface area contributed by atoms with Crippen LogP contribution in [0.4, 0.5) is 0 Å². The van der Waals surface area contributed by atoms with Crippen LogP contribution in [0.15, 0.2) is 40.8 Å². The Bertz CT molecular complexity index is 905. The lowest BCUT2D eigenvalue weighted by Crippen LogP contribution is -2.03. The molecule has 0 amide bonds. The molecule has 0 fully saturated rings. The predicted molar refractivity (Wildman–Crippen MR) is 100 cm³/mol. The molecule has 4 heteroatoms. The molecule has 0 saturated carbocycles. The molecule has 0 saturated heterocycles. The Morgan fingerprint density at radius 2 is 1.62 bits per heavy atom. The topological polar surface area (TPSA) is 38.3 Å². The van der Waals surface area contributed by atoms with Gasteiger partial charge in [-0.1, -0.05) is 52.0 Å². The summed E-state index contributed by atoms with van der Waals surface area (Å²) in [6.07, 6.45) is 0. The summed E-state index contributed by atoms with van der Waals surface area (Å²) in [5, 5.41) is 10.6. The number of benzene rings is 2. The van der Waals surface area contributed by atoms with Gasteiger partial charge in [-0.05, 0) is 52.9 Å². The second-order valence-electron chi connectivity index (χ2n) is 6.85. The molecular formula is C20H23NO2S. The minimum Gasteiger partial charge on any atom is -0.507 e. The third-order valence-corrected chi connectivity index (χ3v) is 4.69. The molecule has 0 bridgehead atoms. The Kier molecular flexibility index (Phi) is 4.50. The molecule has 0 unspecified atom stereocenters. The fourth-order valence-corrected chi connectivity index (χ4v) is 3.31. The fraction of sp³-hybridized carbons (Fsp3) is 0.350. The van der Waals surface area contributed by atoms with Gasteiger partial charge in [0.1, 0.15) is 5.75 Å². The maximum absolute atomic E-state index is 10.6. The number of oxazole rings is 1. The molecule has 1 N–H and O–H groups in total. The third-order valence-electron chi connectivity index (χ3n) is 4.39. The van der Waals surface area contributed by atoms with E-state index in [4.69, 9.17) is 16.6 Å². The summed E-state index contributed by atoms with van der Waals surface area (Å²) in [4.78, 5) is 0.474. The van der Waals surface area contributed by atoms with Gasteiger partial charge in [-0.3, -0.25) is 4.57 Å². The molecule has 3 aromatic rings. The average molecular weight is 341 g/mol. The molecule has 0 radical (unpaired) electrons. The van der Waals surface area contributed by atoms with Crippen molar-refractivity contribution in [2.24, 2.45) is 0 Å². The summed E-state index contributed by atoms with van der Waals surface area (Å²) in [7, 11) is 0. The molecular weight excluding hydrogens is 318 g/mol. The first-order chi connectivity index (χ1) is 11.4. The van der Waals surface area contributed by atoms with Crippen molar-refractivity contribution in [3.05, 3.63) is 57.9 Å². The minimum atomic E-state index is 0.261. The second kappa shape index (κ2) is 6.44. The molecule has 2 aromatic carbocycles. The highest BCUT2D eigenvalue weighted by Gasteiger charge is 2.16. The van der Waals surface area contributed by atoms with Crippen LogP contribution >= 0.6 is 12.2 Å². The van der Waals surface area contributed by atoms with Crippen molar-refractivity contribution in [2.75, 3.05) is 0 Å². The van der Waals surface area contributed by atoms with E-state index in [-0.39, 0.29) is 11.8 Å². The monoisotopic (exact) mass is 341 g/mol. The molecule has 1 heterocycles. The number of aromatic nitrogens is 1. The van der Waals surface area contributed by atoms with Crippen LogP contribution in [0, 0.1) is 4.84 Å². The van der Waals surface area contributed by atoms with Crippen LogP contribution in [0.3, 0.4) is 0 Å². The molecule has 24 heavy (non-hydrogen) atoms. The maximum atomic E-state index is 10.6. The van der Waals surface area contributed by atoms with Gasteiger partial charge in [0.05, 0.1) is 12.1 Å². The molecule has 3 nitrogen and oxygen atoms in total. The molecule has 1 aromatic heterocycles. The first-order valence-electron chi connectivity index (χ1n) is 8.32. The van der Waals surface area contributed by atoms with Crippen molar-refractivity contribution in [1.82, 2.24) is 4.57 Å². The number of rotatable bonds is 4. The Hall–Kier alpha value is -2.07. The van der Waals surface area contributed by atoms with E-state index in [2.05, 4.69) is 39.8 Å². The number of phenols is 1. The van der Waals surface area contributed by atoms with Crippen LogP contribution in [0.2, 0.25) is 0 Å². The average Bonchev–Trinajstić information content (AvgIpc) is 2.84. The SMILES string of the molecule is CC(C)c1cc(Cn2c(=S)oc3ccccc32)cc(C(C)C)c1O. The predicted octanol–water partition coefficient (Wildman–Crippen LogP) is 5.96. The van der Waals surface area contributed by atoms with E-state index in [1.807, 2.05) is 28.8 Å². The fourth-order valence-electron chi connectivity index (χ4n) is 3.06. The first kappa shape index (κ1) is 16.8. The lowest BCUT2D eigenvalue weighted by molar-refractivity contribution is 0.454. The number of fused-ring (bicyclic) bond motifs is 1. The van der Waals surface area contributed by atoms with Crippen molar-refractivity contribution in [1.29, 1.82) is 0 Å². The summed E-state index contributed by atoms with van der Waals surface area (Å²) < 4.78 is 7.68. The van der Waals surface area contributed by atoms with E-state index in [1.54, 1.807) is 0 Å². The molecule has 3 rings (SSSR count). The van der Waals surface area contributed by atoms with E-state index in [9.17, 15) is 5.11 Å². The van der Waals surface area contributed by atoms with E-state index in [0.717, 1.165) is 27.8 Å². The van der Waals surface area contributed by atoms with E-state index >= 15 is 0 Å². The van der Waals surface area contributed by atoms with Gasteiger partial charge in [-0.15, -0.1) is 0 Å². The van der Waals surface area contributed by atoms with E-state index in [1.165, 1.54) is 0 Å². The zero-order chi connectivity index (χ0) is 17.4. The largest absolute Gasteiger partial charge is 0.507 e. The second-order valence-corrected chi connectivity index (χ2v) is 7.20. The highest BCUT2D eigenvalue weighted by Crippen LogP contribution is 2.35. The standard InChI is InChI=1S/C20H23NO2S/c1-12(2)15-9-14(10-16(13(3)4)19(15)22)11-21-17-7-5-6-8-18(17)23-20(21)24/h5-10,12-13,22H,11H2,1-4H3. The first-order valence-corrected chi connectivity index (χ1v) is 8.73. The third kappa shape index (κ3) is 2.98. The molecule has 0 aliphatic rings. The van der Waals surface area contributed by atoms with Gasteiger partial charge in [-0.2, -0.15) is 0 Å². The van der Waals surface area contributed by atoms with Gasteiger partial charge < -0.3 is 9.52 Å². The smallest absolute Gasteiger partial charge is 0.269 e. The molecule has 0 spiro atoms. The van der Waals surface area contributed by atoms with Gasteiger partial charge in [0, 0.05) is 0 Å². The zero-order valence-corrected chi connectivity index (χ0v) is 15.4. The van der Waals surface area contributed by atoms with Gasteiger partial charge in [-0.25, -0.2) is 0 Å². The van der Waals surface area contributed by atoms with Crippen molar-refractivity contribution >= 4 is 23.3 Å². The molecule has 126 valence electrons. The van der Waals surface area contributed by atoms with E-state index < -0.39 is 0 Å². The number of hydrogen-bond donors (Lipinski definition) is 1. The number of para-hydroxylation sites is 2. The highest BCUT2D eigenvalue weighted by atomic mass is 32.1. The lowest BCUT2D eigenvalue weighted by atomic mass is 9.91. The van der Waals surface area contributed by atoms with Crippen LogP contribution < -0.4 is 0 Å². The lowest BCUT2D eigenvalue weighted by Gasteiger charge is -2.18. The van der Waals surface area contributed by atoms with Crippen molar-refractivity contribution in [2.45, 2.75) is 46.1 Å². The van der Waals surface area contributed by atoms with Gasteiger partial charge in [0.15, 0.2) is 5.58 Å². The molecule has 0 aliphatic carbocycles. The van der Waals surface area contributed by atoms with Crippen LogP contribution in [0.5, 0.6) is 5.75 Å². The maximum Gasteiger partial charge on any atom is 0.269 e. The van der Waals surface area contributed by atoms with Gasteiger partial charge in [0.25, 0.3) is 4.84 Å². The molecule has 0 aliphatic heterocycles. The van der Waals surface area contributed by atoms with Crippen molar-refractivity contribution in [3.63, 3.8) is 0 Å². The quantitative estimate of drug-likeness (QED) is 0.595. The summed E-state index contributed by atoms with van der Waals surface area (Å²) in [5.41, 5.74) is 4.89. The minimum absolute atomic E-state index is 0.261. The number of nitrogens with zero attached hydrogens (tertiary/aromatic N) is 1. The van der Waals surface area contributed by atoms with Crippen molar-refractivity contribution < 1.29 is 9.52 Å². The number of aromatic hydroxyl groups is 1. The number of phenolic OH excluding ortho intramolecular Hbond substituents is 1. The van der Waals surface area contributed by atoms with Gasteiger partial charge >= 0.3 is 0 Å². The van der Waals surface area contributed by atoms with E-state index in [0.29, 0.717) is 17.1 Å². The van der Waals surface area contributed by atoms with Crippen molar-refractivity contribution in [3.8, 4) is 5.75 Å². The summed E-state index contributed by atoms with van der Waals surface area (Å²) in [5.74, 6) is 0.942. The van der Waals surface area contributed by atoms with Crippen LogP contribution in [-0.4, -0.2) is 9.67 Å². The highest BCUT2D eigenvalue weighted by molar-refractivity contribution is 7.71. The van der Waals surface area contributed by atoms with Gasteiger partial charge in [0.2, 0.25) is 0 Å².